The molecule has 10 nitrogen and oxygen atoms in total. The van der Waals surface area contributed by atoms with E-state index >= 15 is 0 Å². The molecule has 2 heterocycles. The van der Waals surface area contributed by atoms with E-state index in [1.807, 2.05) is 0 Å². The van der Waals surface area contributed by atoms with Gasteiger partial charge in [0.15, 0.2) is 11.6 Å². The minimum Gasteiger partial charge on any atom is -0.315 e. The Bertz CT molecular complexity index is 750. The van der Waals surface area contributed by atoms with Crippen molar-refractivity contribution in [3.05, 3.63) is 11.6 Å². The van der Waals surface area contributed by atoms with Gasteiger partial charge in [0.1, 0.15) is 0 Å². The van der Waals surface area contributed by atoms with Gasteiger partial charge in [-0.2, -0.15) is 10.4 Å². The van der Waals surface area contributed by atoms with E-state index in [4.69, 9.17) is 5.73 Å². The summed E-state index contributed by atoms with van der Waals surface area (Å²) in [5.41, 5.74) is 6.90. The lowest BCUT2D eigenvalue weighted by Gasteiger charge is -2.38. The van der Waals surface area contributed by atoms with Gasteiger partial charge in [-0.05, 0) is 48.9 Å². The van der Waals surface area contributed by atoms with Crippen LogP contribution in [0, 0.1) is 28.6 Å². The molecule has 0 amide bonds. The van der Waals surface area contributed by atoms with Crippen molar-refractivity contribution in [2.75, 3.05) is 6.54 Å². The largest absolute Gasteiger partial charge is 0.315 e. The van der Waals surface area contributed by atoms with Gasteiger partial charge in [0.05, 0.1) is 6.17 Å². The Labute approximate surface area is 171 Å². The highest BCUT2D eigenvalue weighted by Crippen LogP contribution is 2.48. The van der Waals surface area contributed by atoms with E-state index in [1.54, 1.807) is 0 Å². The minimum atomic E-state index is -0.112. The summed E-state index contributed by atoms with van der Waals surface area (Å²) in [5, 5.41) is 33.2. The van der Waals surface area contributed by atoms with E-state index < -0.39 is 0 Å². The van der Waals surface area contributed by atoms with Crippen LogP contribution in [0.4, 0.5) is 0 Å². The smallest absolute Gasteiger partial charge is 0.175 e. The van der Waals surface area contributed by atoms with Gasteiger partial charge in [-0.1, -0.05) is 37.6 Å². The molecule has 4 rings (SSSR count). The fourth-order valence-electron chi connectivity index (χ4n) is 5.90. The summed E-state index contributed by atoms with van der Waals surface area (Å²) >= 11 is 0. The number of nitrogens with two attached hydrogens (primary N) is 1. The van der Waals surface area contributed by atoms with Crippen molar-refractivity contribution >= 4 is 0 Å². The molecule has 2 aliphatic rings. The van der Waals surface area contributed by atoms with Gasteiger partial charge in [-0.3, -0.25) is 0 Å². The number of nitrogens with zero attached hydrogens (tertiary/aromatic N) is 6. The highest BCUT2D eigenvalue weighted by atomic mass is 15.5. The summed E-state index contributed by atoms with van der Waals surface area (Å²) in [7, 11) is 0. The van der Waals surface area contributed by atoms with E-state index in [1.165, 1.54) is 6.42 Å². The number of aromatic amines is 2. The van der Waals surface area contributed by atoms with E-state index in [9.17, 15) is 0 Å². The van der Waals surface area contributed by atoms with Crippen molar-refractivity contribution in [1.29, 1.82) is 0 Å². The first-order valence-corrected chi connectivity index (χ1v) is 10.8. The summed E-state index contributed by atoms with van der Waals surface area (Å²) in [4.78, 5) is 0. The summed E-state index contributed by atoms with van der Waals surface area (Å²) in [6.45, 7) is 7.86. The summed E-state index contributed by atoms with van der Waals surface area (Å²) in [6, 6.07) is 0. The molecule has 2 aliphatic carbocycles. The Morgan fingerprint density at radius 1 is 1.00 bits per heavy atom. The highest BCUT2D eigenvalue weighted by molar-refractivity contribution is 5.03. The molecule has 29 heavy (non-hydrogen) atoms. The van der Waals surface area contributed by atoms with Crippen molar-refractivity contribution in [3.8, 4) is 0 Å². The molecule has 3 unspecified atom stereocenters. The third kappa shape index (κ3) is 4.32. The van der Waals surface area contributed by atoms with Crippen LogP contribution >= 0.6 is 0 Å². The lowest BCUT2D eigenvalue weighted by molar-refractivity contribution is 0.157. The number of rotatable bonds is 8. The molecule has 2 aromatic rings. The van der Waals surface area contributed by atoms with Gasteiger partial charge in [0, 0.05) is 24.8 Å². The fourth-order valence-corrected chi connectivity index (χ4v) is 5.90. The Hall–Kier alpha value is -1.94. The Morgan fingerprint density at radius 3 is 2.14 bits per heavy atom. The monoisotopic (exact) mass is 402 g/mol. The molecule has 0 aliphatic heterocycles. The summed E-state index contributed by atoms with van der Waals surface area (Å²) in [6.07, 6.45) is 7.13. The average molecular weight is 403 g/mol. The molecular weight excluding hydrogens is 368 g/mol. The molecule has 2 saturated carbocycles. The first kappa shape index (κ1) is 20.3. The van der Waals surface area contributed by atoms with Crippen molar-refractivity contribution in [2.45, 2.75) is 71.9 Å². The van der Waals surface area contributed by atoms with E-state index in [0.29, 0.717) is 17.8 Å². The zero-order valence-electron chi connectivity index (χ0n) is 17.7. The molecule has 5 N–H and O–H groups in total. The number of hydrogen-bond donors (Lipinski definition) is 4. The van der Waals surface area contributed by atoms with Gasteiger partial charge in [-0.15, -0.1) is 20.4 Å². The second kappa shape index (κ2) is 8.06. The topological polar surface area (TPSA) is 147 Å². The van der Waals surface area contributed by atoms with Crippen molar-refractivity contribution in [2.24, 2.45) is 34.3 Å². The molecular formula is C19H34N10. The first-order valence-electron chi connectivity index (χ1n) is 10.8. The molecule has 0 bridgehead atoms. The zero-order valence-corrected chi connectivity index (χ0v) is 17.7. The normalized spacial score (nSPS) is 32.6. The first-order chi connectivity index (χ1) is 13.9. The number of H-pyrrole nitrogens is 2. The van der Waals surface area contributed by atoms with Gasteiger partial charge in [-0.25, -0.2) is 0 Å². The van der Waals surface area contributed by atoms with Gasteiger partial charge < -0.3 is 11.1 Å². The molecule has 2 fully saturated rings. The predicted octanol–water partition coefficient (Wildman–Crippen LogP) is 1.23. The van der Waals surface area contributed by atoms with Crippen molar-refractivity contribution < 1.29 is 0 Å². The quantitative estimate of drug-likeness (QED) is 0.482. The molecule has 5 atom stereocenters. The van der Waals surface area contributed by atoms with E-state index in [-0.39, 0.29) is 17.0 Å². The van der Waals surface area contributed by atoms with Crippen molar-refractivity contribution in [1.82, 2.24) is 46.6 Å². The minimum absolute atomic E-state index is 0.0353. The Balaban J connectivity index is 1.48. The molecule has 0 radical (unpaired) electrons. The van der Waals surface area contributed by atoms with E-state index in [2.05, 4.69) is 67.3 Å². The zero-order chi connectivity index (χ0) is 20.5. The van der Waals surface area contributed by atoms with Crippen LogP contribution in [-0.2, 0) is 12.8 Å². The third-order valence-corrected chi connectivity index (χ3v) is 7.55. The van der Waals surface area contributed by atoms with Crippen LogP contribution in [-0.4, -0.2) is 54.0 Å². The van der Waals surface area contributed by atoms with Gasteiger partial charge >= 0.3 is 0 Å². The number of nitrogens with one attached hydrogen (secondary N) is 3. The molecule has 2 aromatic heterocycles. The molecule has 160 valence electrons. The van der Waals surface area contributed by atoms with Crippen LogP contribution in [0.25, 0.3) is 0 Å². The second-order valence-corrected chi connectivity index (χ2v) is 9.94. The molecule has 0 aromatic carbocycles. The van der Waals surface area contributed by atoms with Crippen LogP contribution < -0.4 is 11.1 Å². The maximum atomic E-state index is 6.83. The van der Waals surface area contributed by atoms with Gasteiger partial charge in [0.25, 0.3) is 0 Å². The summed E-state index contributed by atoms with van der Waals surface area (Å²) < 4.78 is 0. The maximum absolute atomic E-state index is 6.83. The Morgan fingerprint density at radius 2 is 1.62 bits per heavy atom. The van der Waals surface area contributed by atoms with Crippen LogP contribution in [0.1, 0.15) is 64.5 Å². The van der Waals surface area contributed by atoms with Crippen molar-refractivity contribution in [3.63, 3.8) is 0 Å². The number of tetrazole rings is 2. The lowest BCUT2D eigenvalue weighted by Crippen LogP contribution is -2.54. The van der Waals surface area contributed by atoms with Crippen LogP contribution in [0.5, 0.6) is 0 Å². The SMILES string of the molecule is CC1CCC(Cc2nn[nH]n2)(C(N)NCC2(Cc3nn[nH]n3)C[C@H](C)[C@@H](C)C2)C1. The van der Waals surface area contributed by atoms with Crippen LogP contribution in [0.2, 0.25) is 0 Å². The second-order valence-electron chi connectivity index (χ2n) is 9.94. The van der Waals surface area contributed by atoms with Gasteiger partial charge in [0.2, 0.25) is 0 Å². The predicted molar refractivity (Wildman–Crippen MR) is 107 cm³/mol. The maximum Gasteiger partial charge on any atom is 0.175 e. The Kier molecular flexibility index (Phi) is 5.65. The number of hydrogen-bond acceptors (Lipinski definition) is 8. The van der Waals surface area contributed by atoms with E-state index in [0.717, 1.165) is 56.7 Å². The molecule has 0 spiro atoms. The number of aromatic nitrogens is 8. The van der Waals surface area contributed by atoms with Crippen LogP contribution in [0.15, 0.2) is 0 Å². The average Bonchev–Trinajstić information content (AvgIpc) is 3.46. The molecule has 0 saturated heterocycles. The third-order valence-electron chi connectivity index (χ3n) is 7.55. The van der Waals surface area contributed by atoms with Crippen LogP contribution in [0.3, 0.4) is 0 Å². The lowest BCUT2D eigenvalue weighted by atomic mass is 9.77. The fraction of sp³-hybridized carbons (Fsp3) is 0.895. The highest BCUT2D eigenvalue weighted by Gasteiger charge is 2.46. The standard InChI is InChI=1S/C19H34N10/c1-12-4-5-19(6-12,10-16-24-28-29-25-16)17(20)21-11-18(7-13(2)14(3)8-18)9-15-22-26-27-23-15/h12-14,17,21H,4-11,20H2,1-3H3,(H,22,23,26,27)(H,24,25,28,29)/t12?,13-,14-,17?,19?/m0/s1. The molecule has 10 heteroatoms. The summed E-state index contributed by atoms with van der Waals surface area (Å²) in [5.74, 6) is 3.56.